The molecule has 0 atom stereocenters. The molecule has 5 nitrogen and oxygen atoms in total. The van der Waals surface area contributed by atoms with Gasteiger partial charge < -0.3 is 5.11 Å². The molecule has 0 aromatic heterocycles. The number of nitro benzene ring substituents is 1. The Morgan fingerprint density at radius 3 is 2.71 bits per heavy atom. The van der Waals surface area contributed by atoms with Gasteiger partial charge in [-0.15, -0.1) is 0 Å². The fraction of sp³-hybridized carbons (Fsp3) is 0.0714. The van der Waals surface area contributed by atoms with E-state index in [0.29, 0.717) is 16.3 Å². The summed E-state index contributed by atoms with van der Waals surface area (Å²) in [5.41, 5.74) is 1.12. The van der Waals surface area contributed by atoms with Crippen molar-refractivity contribution >= 4 is 51.8 Å². The van der Waals surface area contributed by atoms with Gasteiger partial charge in [-0.2, -0.15) is 0 Å². The van der Waals surface area contributed by atoms with Crippen LogP contribution in [0.4, 0.5) is 11.4 Å². The molecular weight excluding hydrogens is 407 g/mol. The molecule has 108 valence electrons. The number of phenolic OH excluding ortho intramolecular Hbond substituents is 1. The zero-order valence-electron chi connectivity index (χ0n) is 10.9. The van der Waals surface area contributed by atoms with Crippen molar-refractivity contribution in [1.82, 2.24) is 0 Å². The van der Waals surface area contributed by atoms with E-state index in [1.54, 1.807) is 19.1 Å². The van der Waals surface area contributed by atoms with E-state index < -0.39 is 4.92 Å². The third-order valence-corrected chi connectivity index (χ3v) is 3.75. The van der Waals surface area contributed by atoms with E-state index in [1.807, 2.05) is 6.07 Å². The molecule has 0 radical (unpaired) electrons. The zero-order chi connectivity index (χ0) is 15.6. The minimum absolute atomic E-state index is 0.0361. The van der Waals surface area contributed by atoms with Crippen LogP contribution in [0.3, 0.4) is 0 Å². The van der Waals surface area contributed by atoms with Crippen molar-refractivity contribution < 1.29 is 10.0 Å². The number of hydrogen-bond donors (Lipinski definition) is 1. The van der Waals surface area contributed by atoms with Crippen molar-refractivity contribution in [2.75, 3.05) is 0 Å². The maximum atomic E-state index is 10.8. The number of aromatic hydroxyl groups is 1. The second-order valence-electron chi connectivity index (χ2n) is 4.31. The van der Waals surface area contributed by atoms with Crippen molar-refractivity contribution in [3.05, 3.63) is 60.2 Å². The molecule has 0 aliphatic rings. The van der Waals surface area contributed by atoms with Gasteiger partial charge in [-0.1, -0.05) is 11.6 Å². The summed E-state index contributed by atoms with van der Waals surface area (Å²) in [5.74, 6) is -0.0361. The van der Waals surface area contributed by atoms with Crippen LogP contribution in [0.1, 0.15) is 11.1 Å². The standard InChI is InChI=1S/C14H10ClIN2O3/c1-8-4-11(18(20)21)5-9(14(8)19)7-17-13-3-2-10(16)6-12(13)15/h2-7,19H,1H3. The summed E-state index contributed by atoms with van der Waals surface area (Å²) in [6.07, 6.45) is 1.36. The number of non-ortho nitro benzene ring substituents is 1. The molecule has 1 N–H and O–H groups in total. The Kier molecular flexibility index (Phi) is 4.79. The summed E-state index contributed by atoms with van der Waals surface area (Å²) in [6.45, 7) is 1.59. The van der Waals surface area contributed by atoms with Gasteiger partial charge in [0.25, 0.3) is 5.69 Å². The van der Waals surface area contributed by atoms with E-state index in [-0.39, 0.29) is 17.0 Å². The van der Waals surface area contributed by atoms with Gasteiger partial charge in [0.05, 0.1) is 15.6 Å². The van der Waals surface area contributed by atoms with Crippen LogP contribution < -0.4 is 0 Å². The number of benzene rings is 2. The fourth-order valence-corrected chi connectivity index (χ4v) is 2.62. The minimum Gasteiger partial charge on any atom is -0.507 e. The van der Waals surface area contributed by atoms with E-state index >= 15 is 0 Å². The highest BCUT2D eigenvalue weighted by molar-refractivity contribution is 14.1. The van der Waals surface area contributed by atoms with Crippen LogP contribution in [0.2, 0.25) is 5.02 Å². The van der Waals surface area contributed by atoms with E-state index in [9.17, 15) is 15.2 Å². The molecule has 0 spiro atoms. The molecule has 0 unspecified atom stereocenters. The molecule has 21 heavy (non-hydrogen) atoms. The highest BCUT2D eigenvalue weighted by Crippen LogP contribution is 2.29. The second-order valence-corrected chi connectivity index (χ2v) is 5.96. The Hall–Kier alpha value is -1.67. The predicted molar refractivity (Wildman–Crippen MR) is 90.9 cm³/mol. The quantitative estimate of drug-likeness (QED) is 0.343. The van der Waals surface area contributed by atoms with Crippen LogP contribution in [0.15, 0.2) is 35.3 Å². The molecule has 7 heteroatoms. The molecule has 2 rings (SSSR count). The van der Waals surface area contributed by atoms with Crippen LogP contribution >= 0.6 is 34.2 Å². The summed E-state index contributed by atoms with van der Waals surface area (Å²) in [6, 6.07) is 7.92. The van der Waals surface area contributed by atoms with E-state index in [2.05, 4.69) is 27.6 Å². The largest absolute Gasteiger partial charge is 0.507 e. The molecule has 0 bridgehead atoms. The van der Waals surface area contributed by atoms with Crippen molar-refractivity contribution in [3.63, 3.8) is 0 Å². The molecule has 0 aliphatic heterocycles. The second kappa shape index (κ2) is 6.40. The molecule has 0 heterocycles. The van der Waals surface area contributed by atoms with Gasteiger partial charge in [0.15, 0.2) is 0 Å². The lowest BCUT2D eigenvalue weighted by molar-refractivity contribution is -0.384. The maximum Gasteiger partial charge on any atom is 0.270 e. The van der Waals surface area contributed by atoms with Gasteiger partial charge >= 0.3 is 0 Å². The lowest BCUT2D eigenvalue weighted by Crippen LogP contribution is -1.93. The predicted octanol–water partition coefficient (Wildman–Crippen LogP) is 4.62. The number of halogens is 2. The number of aliphatic imine (C=N–C) groups is 1. The highest BCUT2D eigenvalue weighted by atomic mass is 127. The number of nitrogens with zero attached hydrogens (tertiary/aromatic N) is 2. The van der Waals surface area contributed by atoms with Gasteiger partial charge in [-0.25, -0.2) is 0 Å². The molecule has 0 amide bonds. The first-order valence-corrected chi connectivity index (χ1v) is 7.31. The van der Waals surface area contributed by atoms with Crippen LogP contribution in [0.5, 0.6) is 5.75 Å². The number of phenols is 1. The summed E-state index contributed by atoms with van der Waals surface area (Å²) in [7, 11) is 0. The van der Waals surface area contributed by atoms with Gasteiger partial charge in [0.2, 0.25) is 0 Å². The maximum absolute atomic E-state index is 10.8. The minimum atomic E-state index is -0.512. The Morgan fingerprint density at radius 2 is 2.10 bits per heavy atom. The smallest absolute Gasteiger partial charge is 0.270 e. The van der Waals surface area contributed by atoms with Gasteiger partial charge in [0.1, 0.15) is 5.75 Å². The third kappa shape index (κ3) is 3.70. The Bertz CT molecular complexity index is 747. The zero-order valence-corrected chi connectivity index (χ0v) is 13.8. The average molecular weight is 417 g/mol. The Morgan fingerprint density at radius 1 is 1.38 bits per heavy atom. The molecule has 0 fully saturated rings. The van der Waals surface area contributed by atoms with Crippen molar-refractivity contribution in [2.45, 2.75) is 6.92 Å². The van der Waals surface area contributed by atoms with E-state index in [1.165, 1.54) is 18.3 Å². The van der Waals surface area contributed by atoms with E-state index in [4.69, 9.17) is 11.6 Å². The van der Waals surface area contributed by atoms with Crippen LogP contribution in [-0.4, -0.2) is 16.2 Å². The lowest BCUT2D eigenvalue weighted by atomic mass is 10.1. The van der Waals surface area contributed by atoms with Gasteiger partial charge in [0, 0.05) is 27.5 Å². The summed E-state index contributed by atoms with van der Waals surface area (Å²) in [5, 5.41) is 21.3. The Balaban J connectivity index is 2.43. The first-order valence-electron chi connectivity index (χ1n) is 5.85. The fourth-order valence-electron chi connectivity index (χ4n) is 1.72. The normalized spacial score (nSPS) is 11.0. The first-order chi connectivity index (χ1) is 9.88. The van der Waals surface area contributed by atoms with Crippen LogP contribution in [0, 0.1) is 20.6 Å². The summed E-state index contributed by atoms with van der Waals surface area (Å²) in [4.78, 5) is 14.5. The first kappa shape index (κ1) is 15.7. The molecule has 2 aromatic rings. The highest BCUT2D eigenvalue weighted by Gasteiger charge is 2.12. The SMILES string of the molecule is Cc1cc([N+](=O)[O-])cc(C=Nc2ccc(I)cc2Cl)c1O. The van der Waals surface area contributed by atoms with Crippen LogP contribution in [-0.2, 0) is 0 Å². The number of aryl methyl sites for hydroxylation is 1. The van der Waals surface area contributed by atoms with Gasteiger partial charge in [-0.05, 0) is 53.3 Å². The van der Waals surface area contributed by atoms with Crippen LogP contribution in [0.25, 0.3) is 0 Å². The van der Waals surface area contributed by atoms with Crippen molar-refractivity contribution in [1.29, 1.82) is 0 Å². The molecule has 0 saturated heterocycles. The molecule has 0 saturated carbocycles. The van der Waals surface area contributed by atoms with E-state index in [0.717, 1.165) is 3.57 Å². The van der Waals surface area contributed by atoms with Gasteiger partial charge in [-0.3, -0.25) is 15.1 Å². The molecule has 2 aromatic carbocycles. The average Bonchev–Trinajstić information content (AvgIpc) is 2.41. The molecule has 0 aliphatic carbocycles. The van der Waals surface area contributed by atoms with Crippen molar-refractivity contribution in [2.24, 2.45) is 4.99 Å². The topological polar surface area (TPSA) is 75.7 Å². The number of rotatable bonds is 3. The summed E-state index contributed by atoms with van der Waals surface area (Å²) < 4.78 is 0.977. The molecular formula is C14H10ClIN2O3. The third-order valence-electron chi connectivity index (χ3n) is 2.78. The monoisotopic (exact) mass is 416 g/mol. The Labute approximate surface area is 139 Å². The lowest BCUT2D eigenvalue weighted by Gasteiger charge is -2.03. The van der Waals surface area contributed by atoms with Crippen molar-refractivity contribution in [3.8, 4) is 5.75 Å². The number of hydrogen-bond acceptors (Lipinski definition) is 4. The summed E-state index contributed by atoms with van der Waals surface area (Å²) >= 11 is 8.19. The number of nitro groups is 1.